The Morgan fingerprint density at radius 1 is 0.373 bits per heavy atom. The van der Waals surface area contributed by atoms with Gasteiger partial charge in [-0.2, -0.15) is 0 Å². The smallest absolute Gasteiger partial charge is 0.256 e. The van der Waals surface area contributed by atoms with E-state index < -0.39 is 0 Å². The highest BCUT2D eigenvalue weighted by atomic mass is 16.5. The van der Waals surface area contributed by atoms with E-state index in [-0.39, 0.29) is 17.5 Å². The molecule has 4 nitrogen and oxygen atoms in total. The van der Waals surface area contributed by atoms with E-state index in [4.69, 9.17) is 4.74 Å². The molecule has 0 radical (unpaired) electrons. The first-order valence-corrected chi connectivity index (χ1v) is 23.5. The zero-order valence-electron chi connectivity index (χ0n) is 39.1. The van der Waals surface area contributed by atoms with Gasteiger partial charge in [0.1, 0.15) is 11.5 Å². The molecule has 9 aromatic rings. The highest BCUT2D eigenvalue weighted by Gasteiger charge is 2.43. The van der Waals surface area contributed by atoms with Gasteiger partial charge in [0.2, 0.25) is 0 Å². The van der Waals surface area contributed by atoms with Crippen LogP contribution in [0.3, 0.4) is 0 Å². The summed E-state index contributed by atoms with van der Waals surface area (Å²) in [4.78, 5) is 7.18. The molecule has 2 heterocycles. The van der Waals surface area contributed by atoms with E-state index in [0.717, 1.165) is 68.1 Å². The maximum absolute atomic E-state index is 7.13. The van der Waals surface area contributed by atoms with Crippen LogP contribution in [0.15, 0.2) is 218 Å². The second kappa shape index (κ2) is 16.6. The topological polar surface area (TPSA) is 19.0 Å². The molecule has 0 aromatic heterocycles. The largest absolute Gasteiger partial charge is 0.458 e. The Balaban J connectivity index is 1.15. The van der Waals surface area contributed by atoms with E-state index in [1.165, 1.54) is 33.2 Å². The van der Waals surface area contributed by atoms with Crippen molar-refractivity contribution in [3.05, 3.63) is 230 Å². The third kappa shape index (κ3) is 7.65. The maximum Gasteiger partial charge on any atom is 0.256 e. The monoisotopic (exact) mass is 867 g/mol. The maximum atomic E-state index is 7.13. The van der Waals surface area contributed by atoms with Gasteiger partial charge in [0.05, 0.1) is 5.69 Å². The van der Waals surface area contributed by atoms with Gasteiger partial charge >= 0.3 is 0 Å². The normalized spacial score (nSPS) is 12.7. The molecule has 0 unspecified atom stereocenters. The molecule has 67 heavy (non-hydrogen) atoms. The first kappa shape index (κ1) is 41.9. The third-order valence-electron chi connectivity index (χ3n) is 13.4. The number of nitrogens with zero attached hydrogens (tertiary/aromatic N) is 3. The molecule has 0 saturated carbocycles. The lowest BCUT2D eigenvalue weighted by Gasteiger charge is -2.41. The van der Waals surface area contributed by atoms with Crippen LogP contribution in [-0.2, 0) is 10.8 Å². The van der Waals surface area contributed by atoms with Gasteiger partial charge in [0.15, 0.2) is 0 Å². The molecule has 2 aliphatic heterocycles. The minimum absolute atomic E-state index is 0.0385. The molecule has 0 bridgehead atoms. The van der Waals surface area contributed by atoms with Crippen LogP contribution in [-0.4, -0.2) is 6.71 Å². The average Bonchev–Trinajstić information content (AvgIpc) is 3.35. The number of benzene rings is 9. The lowest BCUT2D eigenvalue weighted by atomic mass is 9.34. The average molecular weight is 868 g/mol. The fourth-order valence-corrected chi connectivity index (χ4v) is 9.97. The molecule has 0 fully saturated rings. The molecule has 0 N–H and O–H groups in total. The van der Waals surface area contributed by atoms with Crippen molar-refractivity contribution in [3.63, 3.8) is 0 Å². The van der Waals surface area contributed by atoms with Crippen molar-refractivity contribution in [2.45, 2.75) is 52.4 Å². The lowest BCUT2D eigenvalue weighted by molar-refractivity contribution is 0.487. The van der Waals surface area contributed by atoms with Crippen LogP contribution in [0.1, 0.15) is 52.7 Å². The Labute approximate surface area is 396 Å². The molecule has 0 saturated heterocycles. The van der Waals surface area contributed by atoms with Gasteiger partial charge in [-0.3, -0.25) is 0 Å². The summed E-state index contributed by atoms with van der Waals surface area (Å²) in [5.74, 6) is 1.73. The van der Waals surface area contributed by atoms with Crippen LogP contribution in [0.4, 0.5) is 51.2 Å². The Kier molecular flexibility index (Phi) is 10.4. The molecular formula is C62H54BN3O. The quantitative estimate of drug-likeness (QED) is 0.142. The Bertz CT molecular complexity index is 3150. The number of ether oxygens (including phenoxy) is 1. The van der Waals surface area contributed by atoms with E-state index in [2.05, 4.69) is 275 Å². The molecule has 9 aromatic carbocycles. The SMILES string of the molecule is CC(C)(C)c1ccc(-c2cc(C(C)(C)C)ccc2N2c3cc(N(c4ccccc4)c4ccccc4)ccc3B3c4ccc(N(c5ccccc5)c5ccccc5)cc4Oc4cccc2c43)cc1. The van der Waals surface area contributed by atoms with Gasteiger partial charge in [0, 0.05) is 57.1 Å². The lowest BCUT2D eigenvalue weighted by Crippen LogP contribution is -2.59. The van der Waals surface area contributed by atoms with Crippen LogP contribution in [0, 0.1) is 0 Å². The van der Waals surface area contributed by atoms with Gasteiger partial charge in [-0.1, -0.05) is 163 Å². The molecule has 2 aliphatic rings. The van der Waals surface area contributed by atoms with Crippen molar-refractivity contribution in [2.24, 2.45) is 0 Å². The van der Waals surface area contributed by atoms with Gasteiger partial charge < -0.3 is 19.4 Å². The zero-order valence-corrected chi connectivity index (χ0v) is 39.1. The number of rotatable bonds is 8. The van der Waals surface area contributed by atoms with Crippen LogP contribution in [0.5, 0.6) is 11.5 Å². The highest BCUT2D eigenvalue weighted by molar-refractivity contribution is 6.99. The Hall–Kier alpha value is -7.76. The second-order valence-electron chi connectivity index (χ2n) is 19.8. The molecule has 5 heteroatoms. The molecule has 0 aliphatic carbocycles. The number of hydrogen-bond donors (Lipinski definition) is 0. The molecule has 0 spiro atoms. The van der Waals surface area contributed by atoms with E-state index >= 15 is 0 Å². The summed E-state index contributed by atoms with van der Waals surface area (Å²) in [7, 11) is 0. The molecule has 326 valence electrons. The van der Waals surface area contributed by atoms with E-state index in [9.17, 15) is 0 Å². The minimum Gasteiger partial charge on any atom is -0.458 e. The summed E-state index contributed by atoms with van der Waals surface area (Å²) in [6, 6.07) is 79.3. The first-order chi connectivity index (χ1) is 32.5. The summed E-state index contributed by atoms with van der Waals surface area (Å²) >= 11 is 0. The van der Waals surface area contributed by atoms with Gasteiger partial charge in [-0.15, -0.1) is 0 Å². The fourth-order valence-electron chi connectivity index (χ4n) is 9.97. The van der Waals surface area contributed by atoms with Crippen LogP contribution in [0.25, 0.3) is 11.1 Å². The minimum atomic E-state index is -0.0866. The Morgan fingerprint density at radius 3 is 1.39 bits per heavy atom. The third-order valence-corrected chi connectivity index (χ3v) is 13.4. The Morgan fingerprint density at radius 2 is 0.866 bits per heavy atom. The number of fused-ring (bicyclic) bond motifs is 4. The molecule has 11 rings (SSSR count). The second-order valence-corrected chi connectivity index (χ2v) is 19.8. The van der Waals surface area contributed by atoms with Crippen molar-refractivity contribution in [2.75, 3.05) is 14.7 Å². The fraction of sp³-hybridized carbons (Fsp3) is 0.129. The molecule has 0 amide bonds. The van der Waals surface area contributed by atoms with Crippen molar-refractivity contribution >= 4 is 74.3 Å². The number of para-hydroxylation sites is 4. The molecule has 0 atom stereocenters. The summed E-state index contributed by atoms with van der Waals surface area (Å²) in [5.41, 5.74) is 18.3. The van der Waals surface area contributed by atoms with Crippen molar-refractivity contribution in [3.8, 4) is 22.6 Å². The first-order valence-electron chi connectivity index (χ1n) is 23.5. The van der Waals surface area contributed by atoms with Crippen LogP contribution >= 0.6 is 0 Å². The number of anilines is 9. The van der Waals surface area contributed by atoms with Crippen molar-refractivity contribution in [1.82, 2.24) is 0 Å². The van der Waals surface area contributed by atoms with Gasteiger partial charge in [-0.25, -0.2) is 0 Å². The van der Waals surface area contributed by atoms with Gasteiger partial charge in [-0.05, 0) is 135 Å². The standard InChI is InChI=1S/C62H54BN3O/c1-61(2,3)44-32-30-43(31-33-44)52-40-45(62(4,5)6)34-39-55(52)66-56-28-19-29-58-60(56)63(53-37-35-50(41-57(53)66)64(46-20-11-7-12-21-46)47-22-13-8-14-23-47)54-38-36-51(42-59(54)67-58)65(48-24-15-9-16-25-48)49-26-17-10-18-27-49/h7-42H,1-6H3. The molecular weight excluding hydrogens is 814 g/mol. The van der Waals surface area contributed by atoms with E-state index in [1.54, 1.807) is 0 Å². The summed E-state index contributed by atoms with van der Waals surface area (Å²) in [5, 5.41) is 0. The van der Waals surface area contributed by atoms with Crippen molar-refractivity contribution in [1.29, 1.82) is 0 Å². The summed E-state index contributed by atoms with van der Waals surface area (Å²) < 4.78 is 7.13. The zero-order chi connectivity index (χ0) is 45.9. The summed E-state index contributed by atoms with van der Waals surface area (Å²) in [6.07, 6.45) is 0. The highest BCUT2D eigenvalue weighted by Crippen LogP contribution is 2.48. The van der Waals surface area contributed by atoms with Crippen LogP contribution < -0.4 is 35.8 Å². The van der Waals surface area contributed by atoms with E-state index in [1.807, 2.05) is 0 Å². The summed E-state index contributed by atoms with van der Waals surface area (Å²) in [6.45, 7) is 13.7. The predicted molar refractivity (Wildman–Crippen MR) is 284 cm³/mol. The predicted octanol–water partition coefficient (Wildman–Crippen LogP) is 15.3. The van der Waals surface area contributed by atoms with E-state index in [0.29, 0.717) is 0 Å². The van der Waals surface area contributed by atoms with Crippen LogP contribution in [0.2, 0.25) is 0 Å². The van der Waals surface area contributed by atoms with Crippen molar-refractivity contribution < 1.29 is 4.74 Å². The van der Waals surface area contributed by atoms with Gasteiger partial charge in [0.25, 0.3) is 6.71 Å². The number of hydrogen-bond acceptors (Lipinski definition) is 4.